The summed E-state index contributed by atoms with van der Waals surface area (Å²) in [7, 11) is -6.53. The highest BCUT2D eigenvalue weighted by molar-refractivity contribution is 8.27. The maximum Gasteiger partial charge on any atom is 0.311 e. The van der Waals surface area contributed by atoms with Crippen LogP contribution >= 0.6 is 0 Å². The lowest BCUT2D eigenvalue weighted by molar-refractivity contribution is -0.117. The third kappa shape index (κ3) is 6.48. The lowest BCUT2D eigenvalue weighted by atomic mass is 10.2. The van der Waals surface area contributed by atoms with Crippen LogP contribution in [-0.2, 0) is 35.1 Å². The molecule has 204 valence electrons. The Bertz CT molecular complexity index is 1690. The molecule has 3 aromatic carbocycles. The largest absolute Gasteiger partial charge is 0.506 e. The number of anilines is 2. The standard InChI is InChI=1S/C23H21N5O8S3/c1-14-22(23(30)28(26-14)15-7-9-16(10-8-15)36-39(33,34)37)25-24-18-12-11-17(13-20(18)29)38(31,32)27-19-5-3-4-6-21(19)35-2/h3-13,22,27,29H,1-2H3,(H,33,34,37). The van der Waals surface area contributed by atoms with E-state index in [0.717, 1.165) is 11.1 Å². The van der Waals surface area contributed by atoms with Gasteiger partial charge in [-0.25, -0.2) is 8.42 Å². The van der Waals surface area contributed by atoms with Gasteiger partial charge in [0.25, 0.3) is 15.9 Å². The van der Waals surface area contributed by atoms with Crippen molar-refractivity contribution in [2.45, 2.75) is 17.9 Å². The SMILES string of the molecule is COc1ccccc1NS(=O)(=O)c1ccc(N=NC2C(=O)N(c3ccc(OS(=O)(O)=S)cc3)N=C2C)c(O)c1. The molecule has 1 heterocycles. The molecule has 0 saturated carbocycles. The lowest BCUT2D eigenvalue weighted by Crippen LogP contribution is -2.29. The fourth-order valence-electron chi connectivity index (χ4n) is 3.45. The van der Waals surface area contributed by atoms with E-state index < -0.39 is 36.8 Å². The van der Waals surface area contributed by atoms with Gasteiger partial charge >= 0.3 is 9.05 Å². The first-order valence-corrected chi connectivity index (χ1v) is 14.8. The zero-order valence-electron chi connectivity index (χ0n) is 20.3. The highest BCUT2D eigenvalue weighted by atomic mass is 32.9. The van der Waals surface area contributed by atoms with Crippen molar-refractivity contribution in [1.29, 1.82) is 0 Å². The summed E-state index contributed by atoms with van der Waals surface area (Å²) in [6.45, 7) is 1.57. The number of sulfonamides is 1. The van der Waals surface area contributed by atoms with Crippen LogP contribution in [-0.4, -0.2) is 47.1 Å². The summed E-state index contributed by atoms with van der Waals surface area (Å²) in [5.41, 5.74) is 0.798. The molecule has 2 unspecified atom stereocenters. The van der Waals surface area contributed by atoms with Gasteiger partial charge in [0.2, 0.25) is 0 Å². The number of phenols is 1. The summed E-state index contributed by atoms with van der Waals surface area (Å²) in [5.74, 6) is -0.668. The molecule has 3 N–H and O–H groups in total. The summed E-state index contributed by atoms with van der Waals surface area (Å²) in [5, 5.41) is 23.6. The van der Waals surface area contributed by atoms with Gasteiger partial charge < -0.3 is 14.0 Å². The van der Waals surface area contributed by atoms with Crippen LogP contribution in [0.15, 0.2) is 87.0 Å². The van der Waals surface area contributed by atoms with E-state index >= 15 is 0 Å². The zero-order chi connectivity index (χ0) is 28.4. The van der Waals surface area contributed by atoms with Gasteiger partial charge in [-0.1, -0.05) is 12.1 Å². The average Bonchev–Trinajstić information content (AvgIpc) is 3.15. The smallest absolute Gasteiger partial charge is 0.311 e. The van der Waals surface area contributed by atoms with Crippen LogP contribution in [0.4, 0.5) is 17.1 Å². The Labute approximate surface area is 228 Å². The second-order valence-corrected chi connectivity index (χ2v) is 11.9. The number of hydrogen-bond acceptors (Lipinski definition) is 11. The molecule has 0 fully saturated rings. The van der Waals surface area contributed by atoms with Crippen LogP contribution in [0.1, 0.15) is 6.92 Å². The molecule has 16 heteroatoms. The molecule has 2 atom stereocenters. The molecule has 0 radical (unpaired) electrons. The normalized spacial score (nSPS) is 17.1. The predicted molar refractivity (Wildman–Crippen MR) is 146 cm³/mol. The van der Waals surface area contributed by atoms with Crippen molar-refractivity contribution in [3.63, 3.8) is 0 Å². The van der Waals surface area contributed by atoms with Crippen molar-refractivity contribution >= 4 is 58.9 Å². The topological polar surface area (TPSA) is 180 Å². The van der Waals surface area contributed by atoms with Crippen molar-refractivity contribution in [1.82, 2.24) is 0 Å². The molecule has 1 aliphatic rings. The summed E-state index contributed by atoms with van der Waals surface area (Å²) in [4.78, 5) is 12.7. The number of nitrogens with zero attached hydrogens (tertiary/aromatic N) is 4. The minimum atomic E-state index is -4.07. The Kier molecular flexibility index (Phi) is 7.82. The van der Waals surface area contributed by atoms with E-state index in [-0.39, 0.29) is 22.0 Å². The van der Waals surface area contributed by atoms with Crippen LogP contribution in [0.5, 0.6) is 17.2 Å². The summed E-state index contributed by atoms with van der Waals surface area (Å²) >= 11 is 4.29. The van der Waals surface area contributed by atoms with Gasteiger partial charge in [0.15, 0.2) is 6.04 Å². The van der Waals surface area contributed by atoms with Crippen LogP contribution in [0.2, 0.25) is 0 Å². The second-order valence-electron chi connectivity index (χ2n) is 7.97. The number of para-hydroxylation sites is 2. The molecule has 0 spiro atoms. The number of rotatable bonds is 9. The number of benzene rings is 3. The van der Waals surface area contributed by atoms with Gasteiger partial charge in [-0.2, -0.15) is 24.5 Å². The van der Waals surface area contributed by atoms with Crippen molar-refractivity contribution in [2.24, 2.45) is 15.3 Å². The molecule has 0 saturated heterocycles. The van der Waals surface area contributed by atoms with E-state index in [1.165, 1.54) is 49.6 Å². The van der Waals surface area contributed by atoms with Gasteiger partial charge in [0.05, 0.1) is 40.3 Å². The van der Waals surface area contributed by atoms with Gasteiger partial charge in [-0.15, -0.1) is 0 Å². The Morgan fingerprint density at radius 3 is 2.41 bits per heavy atom. The Morgan fingerprint density at radius 1 is 1.08 bits per heavy atom. The first-order valence-electron chi connectivity index (χ1n) is 10.9. The van der Waals surface area contributed by atoms with Crippen LogP contribution in [0.25, 0.3) is 0 Å². The van der Waals surface area contributed by atoms with Crippen LogP contribution in [0.3, 0.4) is 0 Å². The molecule has 13 nitrogen and oxygen atoms in total. The Hall–Kier alpha value is -4.12. The number of carbonyl (C=O) groups is 1. The van der Waals surface area contributed by atoms with Crippen molar-refractivity contribution in [3.8, 4) is 17.2 Å². The monoisotopic (exact) mass is 591 g/mol. The number of hydrazone groups is 1. The van der Waals surface area contributed by atoms with Gasteiger partial charge in [-0.05, 0) is 55.5 Å². The van der Waals surface area contributed by atoms with Crippen LogP contribution in [0, 0.1) is 0 Å². The molecule has 39 heavy (non-hydrogen) atoms. The van der Waals surface area contributed by atoms with Gasteiger partial charge in [0, 0.05) is 6.07 Å². The van der Waals surface area contributed by atoms with E-state index in [1.807, 2.05) is 0 Å². The highest BCUT2D eigenvalue weighted by Crippen LogP contribution is 2.33. The van der Waals surface area contributed by atoms with E-state index in [2.05, 4.69) is 31.2 Å². The number of amides is 1. The Balaban J connectivity index is 1.49. The minimum absolute atomic E-state index is 0.0314. The lowest BCUT2D eigenvalue weighted by Gasteiger charge is -2.13. The van der Waals surface area contributed by atoms with E-state index in [0.29, 0.717) is 17.1 Å². The number of azo groups is 1. The molecular formula is C23H21N5O8S3. The molecule has 3 aromatic rings. The van der Waals surface area contributed by atoms with E-state index in [4.69, 9.17) is 13.5 Å². The van der Waals surface area contributed by atoms with E-state index in [1.54, 1.807) is 25.1 Å². The summed E-state index contributed by atoms with van der Waals surface area (Å²) < 4.78 is 58.2. The number of phenolic OH excluding ortho intramolecular Hbond substituents is 1. The zero-order valence-corrected chi connectivity index (χ0v) is 22.7. The van der Waals surface area contributed by atoms with E-state index in [9.17, 15) is 22.5 Å². The molecule has 0 bridgehead atoms. The summed E-state index contributed by atoms with van der Waals surface area (Å²) in [6, 6.07) is 14.4. The fourth-order valence-corrected chi connectivity index (χ4v) is 5.13. The molecule has 0 aromatic heterocycles. The highest BCUT2D eigenvalue weighted by Gasteiger charge is 2.35. The van der Waals surface area contributed by atoms with Gasteiger partial charge in [-0.3, -0.25) is 14.1 Å². The number of aromatic hydroxyl groups is 1. The predicted octanol–water partition coefficient (Wildman–Crippen LogP) is 3.59. The first-order chi connectivity index (χ1) is 18.4. The number of methoxy groups -OCH3 is 1. The molecule has 1 aliphatic heterocycles. The third-order valence-electron chi connectivity index (χ3n) is 5.27. The van der Waals surface area contributed by atoms with Crippen molar-refractivity contribution < 1.29 is 36.0 Å². The number of hydrogen-bond donors (Lipinski definition) is 3. The van der Waals surface area contributed by atoms with Crippen LogP contribution < -0.4 is 18.7 Å². The molecular weight excluding hydrogens is 570 g/mol. The number of carbonyl (C=O) groups excluding carboxylic acids is 1. The minimum Gasteiger partial charge on any atom is -0.506 e. The summed E-state index contributed by atoms with van der Waals surface area (Å²) in [6.07, 6.45) is 0. The van der Waals surface area contributed by atoms with Crippen molar-refractivity contribution in [2.75, 3.05) is 16.8 Å². The van der Waals surface area contributed by atoms with Gasteiger partial charge in [0.1, 0.15) is 22.9 Å². The fraction of sp³-hybridized carbons (Fsp3) is 0.130. The molecule has 1 amide bonds. The quantitative estimate of drug-likeness (QED) is 0.313. The molecule has 0 aliphatic carbocycles. The first kappa shape index (κ1) is 27.9. The average molecular weight is 592 g/mol. The Morgan fingerprint density at radius 2 is 1.77 bits per heavy atom. The maximum atomic E-state index is 12.9. The molecule has 4 rings (SSSR count). The number of ether oxygens (including phenoxy) is 1. The van der Waals surface area contributed by atoms with Crippen molar-refractivity contribution in [3.05, 3.63) is 66.7 Å². The number of nitrogens with one attached hydrogen (secondary N) is 1. The second kappa shape index (κ2) is 10.9. The maximum absolute atomic E-state index is 12.9. The third-order valence-corrected chi connectivity index (χ3v) is 7.24.